The summed E-state index contributed by atoms with van der Waals surface area (Å²) in [6.45, 7) is 4.34. The van der Waals surface area contributed by atoms with Gasteiger partial charge in [-0.05, 0) is 73.0 Å². The molecule has 0 radical (unpaired) electrons. The summed E-state index contributed by atoms with van der Waals surface area (Å²) < 4.78 is 19.2. The van der Waals surface area contributed by atoms with Gasteiger partial charge in [-0.2, -0.15) is 0 Å². The number of aryl methyl sites for hydroxylation is 1. The molecule has 1 aromatic heterocycles. The van der Waals surface area contributed by atoms with Crippen molar-refractivity contribution in [1.29, 1.82) is 0 Å². The van der Waals surface area contributed by atoms with E-state index < -0.39 is 23.5 Å². The Bertz CT molecular complexity index is 1220. The van der Waals surface area contributed by atoms with Crippen molar-refractivity contribution < 1.29 is 23.8 Å². The minimum atomic E-state index is -0.870. The lowest BCUT2D eigenvalue weighted by molar-refractivity contribution is -0.140. The first-order valence-electron chi connectivity index (χ1n) is 10.6. The average Bonchev–Trinajstić information content (AvgIpc) is 3.06. The highest BCUT2D eigenvalue weighted by atomic mass is 19.1. The van der Waals surface area contributed by atoms with E-state index in [4.69, 9.17) is 4.74 Å². The van der Waals surface area contributed by atoms with Gasteiger partial charge in [-0.25, -0.2) is 4.39 Å². The second-order valence-electron chi connectivity index (χ2n) is 7.75. The van der Waals surface area contributed by atoms with Gasteiger partial charge >= 0.3 is 0 Å². The summed E-state index contributed by atoms with van der Waals surface area (Å²) in [6, 6.07) is 13.3. The van der Waals surface area contributed by atoms with Crippen LogP contribution in [0.5, 0.6) is 5.75 Å². The summed E-state index contributed by atoms with van der Waals surface area (Å²) in [5, 5.41) is 11.2. The number of aliphatic hydroxyl groups excluding tert-OH is 1. The first-order valence-corrected chi connectivity index (χ1v) is 10.6. The van der Waals surface area contributed by atoms with Crippen LogP contribution >= 0.6 is 0 Å². The fraction of sp³-hybridized carbons (Fsp3) is 0.192. The van der Waals surface area contributed by atoms with Gasteiger partial charge in [0.25, 0.3) is 11.7 Å². The van der Waals surface area contributed by atoms with E-state index in [9.17, 15) is 19.1 Å². The van der Waals surface area contributed by atoms with Crippen LogP contribution in [-0.4, -0.2) is 33.3 Å². The largest absolute Gasteiger partial charge is 0.507 e. The molecule has 1 fully saturated rings. The van der Waals surface area contributed by atoms with Crippen LogP contribution in [0.15, 0.2) is 72.6 Å². The number of benzene rings is 2. The molecule has 33 heavy (non-hydrogen) atoms. The highest BCUT2D eigenvalue weighted by Gasteiger charge is 2.46. The van der Waals surface area contributed by atoms with E-state index in [1.165, 1.54) is 29.2 Å². The Morgan fingerprint density at radius 1 is 1.09 bits per heavy atom. The van der Waals surface area contributed by atoms with Gasteiger partial charge in [0.1, 0.15) is 17.3 Å². The number of amides is 1. The predicted octanol–water partition coefficient (Wildman–Crippen LogP) is 4.55. The molecule has 2 heterocycles. The predicted molar refractivity (Wildman–Crippen MR) is 121 cm³/mol. The number of halogens is 1. The molecule has 0 bridgehead atoms. The smallest absolute Gasteiger partial charge is 0.295 e. The lowest BCUT2D eigenvalue weighted by atomic mass is 9.94. The molecule has 1 aliphatic heterocycles. The summed E-state index contributed by atoms with van der Waals surface area (Å²) in [4.78, 5) is 31.5. The van der Waals surface area contributed by atoms with E-state index in [0.29, 0.717) is 23.5 Å². The quantitative estimate of drug-likeness (QED) is 0.341. The van der Waals surface area contributed by atoms with Gasteiger partial charge in [-0.1, -0.05) is 12.1 Å². The second kappa shape index (κ2) is 9.24. The maximum absolute atomic E-state index is 13.6. The number of Topliss-reactive ketones (excluding diaryl/α,β-unsaturated/α-hetero) is 1. The van der Waals surface area contributed by atoms with Gasteiger partial charge in [-0.3, -0.25) is 14.6 Å². The zero-order valence-corrected chi connectivity index (χ0v) is 18.3. The first kappa shape index (κ1) is 22.2. The van der Waals surface area contributed by atoms with Crippen molar-refractivity contribution in [2.24, 2.45) is 0 Å². The summed E-state index contributed by atoms with van der Waals surface area (Å²) in [5.74, 6) is -1.58. The number of carbonyl (C=O) groups excluding carboxylic acids is 2. The van der Waals surface area contributed by atoms with Gasteiger partial charge in [0.15, 0.2) is 0 Å². The van der Waals surface area contributed by atoms with E-state index in [1.54, 1.807) is 42.7 Å². The molecule has 3 aromatic rings. The molecule has 168 valence electrons. The lowest BCUT2D eigenvalue weighted by Crippen LogP contribution is -2.29. The van der Waals surface area contributed by atoms with Crippen LogP contribution in [0.25, 0.3) is 5.76 Å². The summed E-state index contributed by atoms with van der Waals surface area (Å²) >= 11 is 0. The van der Waals surface area contributed by atoms with Crippen LogP contribution in [0.3, 0.4) is 0 Å². The van der Waals surface area contributed by atoms with Crippen molar-refractivity contribution in [3.8, 4) is 5.75 Å². The minimum Gasteiger partial charge on any atom is -0.507 e. The third-order valence-corrected chi connectivity index (χ3v) is 5.58. The lowest BCUT2D eigenvalue weighted by Gasteiger charge is -2.25. The molecule has 1 atom stereocenters. The van der Waals surface area contributed by atoms with Gasteiger partial charge in [0.2, 0.25) is 0 Å². The maximum atomic E-state index is 13.6. The molecule has 1 saturated heterocycles. The van der Waals surface area contributed by atoms with E-state index in [2.05, 4.69) is 4.98 Å². The fourth-order valence-corrected chi connectivity index (χ4v) is 3.99. The molecular formula is C26H23FN2O4. The Hall–Kier alpha value is -4.00. The number of nitrogens with zero attached hydrogens (tertiary/aromatic N) is 2. The third-order valence-electron chi connectivity index (χ3n) is 5.58. The fourth-order valence-electron chi connectivity index (χ4n) is 3.99. The molecular weight excluding hydrogens is 423 g/mol. The van der Waals surface area contributed by atoms with Gasteiger partial charge < -0.3 is 14.7 Å². The van der Waals surface area contributed by atoms with Crippen molar-refractivity contribution in [3.63, 3.8) is 0 Å². The standard InChI is InChI=1S/C26H23FN2O4/c1-3-33-21-9-6-19(14-16(21)2)24(30)22-23(18-4-7-20(27)8-5-18)29(26(32)25(22)31)15-17-10-12-28-13-11-17/h4-14,23,30H,3,15H2,1-2H3/b24-22-. The Kier molecular flexibility index (Phi) is 6.22. The number of hydrogen-bond donors (Lipinski definition) is 1. The Labute approximate surface area is 191 Å². The Morgan fingerprint density at radius 3 is 2.42 bits per heavy atom. The van der Waals surface area contributed by atoms with Crippen LogP contribution in [0.4, 0.5) is 4.39 Å². The highest BCUT2D eigenvalue weighted by molar-refractivity contribution is 6.46. The second-order valence-corrected chi connectivity index (χ2v) is 7.75. The van der Waals surface area contributed by atoms with Crippen molar-refractivity contribution in [3.05, 3.63) is 101 Å². The number of aromatic nitrogens is 1. The molecule has 1 N–H and O–H groups in total. The highest BCUT2D eigenvalue weighted by Crippen LogP contribution is 2.40. The average molecular weight is 446 g/mol. The molecule has 6 nitrogen and oxygen atoms in total. The first-order chi connectivity index (χ1) is 15.9. The number of ether oxygens (including phenoxy) is 1. The number of carbonyl (C=O) groups is 2. The van der Waals surface area contributed by atoms with Crippen LogP contribution in [0.2, 0.25) is 0 Å². The molecule has 1 aliphatic rings. The van der Waals surface area contributed by atoms with Crippen molar-refractivity contribution in [2.75, 3.05) is 6.61 Å². The maximum Gasteiger partial charge on any atom is 0.295 e. The molecule has 1 unspecified atom stereocenters. The van der Waals surface area contributed by atoms with Crippen molar-refractivity contribution in [2.45, 2.75) is 26.4 Å². The molecule has 2 aromatic carbocycles. The topological polar surface area (TPSA) is 79.7 Å². The van der Waals surface area contributed by atoms with E-state index in [-0.39, 0.29) is 17.9 Å². The summed E-state index contributed by atoms with van der Waals surface area (Å²) in [6.07, 6.45) is 3.20. The van der Waals surface area contributed by atoms with Crippen molar-refractivity contribution >= 4 is 17.4 Å². The number of ketones is 1. The van der Waals surface area contributed by atoms with Crippen LogP contribution < -0.4 is 4.74 Å². The molecule has 0 aliphatic carbocycles. The monoisotopic (exact) mass is 446 g/mol. The van der Waals surface area contributed by atoms with E-state index >= 15 is 0 Å². The SMILES string of the molecule is CCOc1ccc(/C(O)=C2/C(=O)C(=O)N(Cc3ccncc3)C2c2ccc(F)cc2)cc1C. The minimum absolute atomic E-state index is 0.0378. The Morgan fingerprint density at radius 2 is 1.79 bits per heavy atom. The van der Waals surface area contributed by atoms with Crippen LogP contribution in [0.1, 0.15) is 35.2 Å². The molecule has 7 heteroatoms. The van der Waals surface area contributed by atoms with E-state index in [0.717, 1.165) is 11.1 Å². The molecule has 4 rings (SSSR count). The normalized spacial score (nSPS) is 17.4. The molecule has 0 saturated carbocycles. The van der Waals surface area contributed by atoms with Crippen LogP contribution in [0, 0.1) is 12.7 Å². The summed E-state index contributed by atoms with van der Waals surface area (Å²) in [5.41, 5.74) is 2.43. The molecule has 1 amide bonds. The van der Waals surface area contributed by atoms with Gasteiger partial charge in [-0.15, -0.1) is 0 Å². The van der Waals surface area contributed by atoms with Crippen molar-refractivity contribution in [1.82, 2.24) is 9.88 Å². The summed E-state index contributed by atoms with van der Waals surface area (Å²) in [7, 11) is 0. The van der Waals surface area contributed by atoms with E-state index in [1.807, 2.05) is 13.8 Å². The number of hydrogen-bond acceptors (Lipinski definition) is 5. The van der Waals surface area contributed by atoms with Gasteiger partial charge in [0.05, 0.1) is 18.2 Å². The zero-order chi connectivity index (χ0) is 23.5. The number of aliphatic hydroxyl groups is 1. The number of likely N-dealkylation sites (tertiary alicyclic amines) is 1. The third kappa shape index (κ3) is 4.35. The zero-order valence-electron chi connectivity index (χ0n) is 18.3. The van der Waals surface area contributed by atoms with Gasteiger partial charge in [0, 0.05) is 24.5 Å². The number of rotatable bonds is 6. The Balaban J connectivity index is 1.84. The van der Waals surface area contributed by atoms with Crippen LogP contribution in [-0.2, 0) is 16.1 Å². The number of pyridine rings is 1. The molecule has 0 spiro atoms.